The minimum atomic E-state index is -0.238. The number of aromatic amines is 1. The molecular weight excluding hydrogens is 299 g/mol. The van der Waals surface area contributed by atoms with E-state index in [1.54, 1.807) is 17.8 Å². The summed E-state index contributed by atoms with van der Waals surface area (Å²) in [7, 11) is 0. The number of nitrogens with one attached hydrogen (secondary N) is 2. The van der Waals surface area contributed by atoms with Gasteiger partial charge in [0.05, 0.1) is 16.7 Å². The highest BCUT2D eigenvalue weighted by atomic mass is 32.2. The topological polar surface area (TPSA) is 53.1 Å². The van der Waals surface area contributed by atoms with Crippen molar-refractivity contribution in [2.75, 3.05) is 11.2 Å². The van der Waals surface area contributed by atoms with Crippen LogP contribution in [0, 0.1) is 5.82 Å². The molecular formula is C16H13FN4S. The molecule has 6 heteroatoms. The average Bonchev–Trinajstić information content (AvgIpc) is 2.95. The highest BCUT2D eigenvalue weighted by Crippen LogP contribution is 2.30. The maximum atomic E-state index is 13.5. The number of aromatic nitrogens is 2. The summed E-state index contributed by atoms with van der Waals surface area (Å²) >= 11 is 1.73. The molecule has 2 N–H and O–H groups in total. The van der Waals surface area contributed by atoms with Crippen LogP contribution in [0.4, 0.5) is 10.3 Å². The van der Waals surface area contributed by atoms with Crippen LogP contribution < -0.4 is 5.43 Å². The van der Waals surface area contributed by atoms with E-state index in [0.29, 0.717) is 5.95 Å². The van der Waals surface area contributed by atoms with E-state index in [1.165, 1.54) is 6.07 Å². The number of anilines is 1. The van der Waals surface area contributed by atoms with E-state index in [-0.39, 0.29) is 5.82 Å². The molecule has 4 nitrogen and oxygen atoms in total. The monoisotopic (exact) mass is 312 g/mol. The summed E-state index contributed by atoms with van der Waals surface area (Å²) < 4.78 is 13.5. The highest BCUT2D eigenvalue weighted by Gasteiger charge is 2.17. The van der Waals surface area contributed by atoms with Gasteiger partial charge in [0.25, 0.3) is 0 Å². The van der Waals surface area contributed by atoms with E-state index in [4.69, 9.17) is 0 Å². The molecule has 0 radical (unpaired) electrons. The molecule has 0 saturated heterocycles. The molecule has 22 heavy (non-hydrogen) atoms. The molecule has 0 unspecified atom stereocenters. The molecule has 0 saturated carbocycles. The maximum Gasteiger partial charge on any atom is 0.222 e. The van der Waals surface area contributed by atoms with E-state index in [0.717, 1.165) is 39.4 Å². The zero-order valence-corrected chi connectivity index (χ0v) is 12.5. The normalized spacial score (nSPS) is 16.0. The lowest BCUT2D eigenvalue weighted by Crippen LogP contribution is -2.12. The van der Waals surface area contributed by atoms with Gasteiger partial charge in [-0.3, -0.25) is 0 Å². The number of para-hydroxylation sites is 2. The highest BCUT2D eigenvalue weighted by molar-refractivity contribution is 7.99. The molecule has 0 fully saturated rings. The van der Waals surface area contributed by atoms with Gasteiger partial charge < -0.3 is 4.98 Å². The number of benzene rings is 2. The predicted molar refractivity (Wildman–Crippen MR) is 88.0 cm³/mol. The standard InChI is InChI=1S/C16H13FN4S/c17-10-5-6-15-11(9-10)12(7-8-22-15)20-21-16-18-13-3-1-2-4-14(13)19-16/h1-6,9H,7-8H2,(H2,18,19,21). The summed E-state index contributed by atoms with van der Waals surface area (Å²) in [5.74, 6) is 1.29. The van der Waals surface area contributed by atoms with E-state index in [1.807, 2.05) is 30.3 Å². The Bertz CT molecular complexity index is 838. The lowest BCUT2D eigenvalue weighted by molar-refractivity contribution is 0.626. The van der Waals surface area contributed by atoms with Gasteiger partial charge in [-0.15, -0.1) is 11.8 Å². The van der Waals surface area contributed by atoms with Crippen LogP contribution >= 0.6 is 11.8 Å². The number of halogens is 1. The Kier molecular flexibility index (Phi) is 3.31. The van der Waals surface area contributed by atoms with Gasteiger partial charge in [0, 0.05) is 22.6 Å². The van der Waals surface area contributed by atoms with Crippen molar-refractivity contribution in [3.8, 4) is 0 Å². The second kappa shape index (κ2) is 5.46. The van der Waals surface area contributed by atoms with Crippen LogP contribution in [0.3, 0.4) is 0 Å². The molecule has 1 aliphatic heterocycles. The molecule has 2 aromatic carbocycles. The Hall–Kier alpha value is -2.34. The van der Waals surface area contributed by atoms with E-state index >= 15 is 0 Å². The van der Waals surface area contributed by atoms with Crippen LogP contribution in [0.25, 0.3) is 11.0 Å². The Morgan fingerprint density at radius 2 is 2.14 bits per heavy atom. The third kappa shape index (κ3) is 2.46. The van der Waals surface area contributed by atoms with Crippen LogP contribution in [0.5, 0.6) is 0 Å². The quantitative estimate of drug-likeness (QED) is 0.703. The van der Waals surface area contributed by atoms with Crippen molar-refractivity contribution in [3.63, 3.8) is 0 Å². The number of hydrogen-bond acceptors (Lipinski definition) is 4. The number of hydrogen-bond donors (Lipinski definition) is 2. The van der Waals surface area contributed by atoms with Gasteiger partial charge in [0.15, 0.2) is 0 Å². The van der Waals surface area contributed by atoms with Gasteiger partial charge in [-0.2, -0.15) is 5.10 Å². The van der Waals surface area contributed by atoms with Crippen molar-refractivity contribution >= 4 is 34.5 Å². The summed E-state index contributed by atoms with van der Waals surface area (Å²) in [6.07, 6.45) is 0.800. The minimum Gasteiger partial charge on any atom is -0.323 e. The van der Waals surface area contributed by atoms with Gasteiger partial charge in [0.1, 0.15) is 5.82 Å². The van der Waals surface area contributed by atoms with Gasteiger partial charge in [0.2, 0.25) is 5.95 Å². The van der Waals surface area contributed by atoms with E-state index in [2.05, 4.69) is 20.5 Å². The summed E-state index contributed by atoms with van der Waals surface area (Å²) in [5, 5.41) is 4.42. The molecule has 0 aliphatic carbocycles. The van der Waals surface area contributed by atoms with E-state index < -0.39 is 0 Å². The number of H-pyrrole nitrogens is 1. The van der Waals surface area contributed by atoms with Gasteiger partial charge in [-0.25, -0.2) is 14.8 Å². The molecule has 0 atom stereocenters. The van der Waals surface area contributed by atoms with Crippen molar-refractivity contribution < 1.29 is 4.39 Å². The van der Waals surface area contributed by atoms with Crippen LogP contribution in [-0.2, 0) is 0 Å². The Morgan fingerprint density at radius 3 is 3.05 bits per heavy atom. The SMILES string of the molecule is Fc1ccc2c(c1)C(=NNc1nc3ccccc3[nH]1)CCS2. The Balaban J connectivity index is 1.65. The summed E-state index contributed by atoms with van der Waals surface area (Å²) in [5.41, 5.74) is 6.51. The fourth-order valence-corrected chi connectivity index (χ4v) is 3.50. The Labute approximate surface area is 130 Å². The number of hydrazone groups is 1. The first-order valence-corrected chi connectivity index (χ1v) is 7.98. The molecule has 110 valence electrons. The first-order chi connectivity index (χ1) is 10.8. The van der Waals surface area contributed by atoms with Gasteiger partial charge in [-0.1, -0.05) is 12.1 Å². The zero-order valence-electron chi connectivity index (χ0n) is 11.6. The molecule has 1 aliphatic rings. The molecule has 0 amide bonds. The molecule has 1 aromatic heterocycles. The van der Waals surface area contributed by atoms with Crippen LogP contribution in [-0.4, -0.2) is 21.4 Å². The molecule has 0 bridgehead atoms. The number of imidazole rings is 1. The predicted octanol–water partition coefficient (Wildman–Crippen LogP) is 4.01. The molecule has 0 spiro atoms. The number of rotatable bonds is 2. The average molecular weight is 312 g/mol. The summed E-state index contributed by atoms with van der Waals surface area (Å²) in [6.45, 7) is 0. The van der Waals surface area contributed by atoms with Crippen molar-refractivity contribution in [1.82, 2.24) is 9.97 Å². The second-order valence-corrected chi connectivity index (χ2v) is 6.15. The largest absolute Gasteiger partial charge is 0.323 e. The van der Waals surface area contributed by atoms with Gasteiger partial charge in [-0.05, 0) is 30.3 Å². The van der Waals surface area contributed by atoms with Crippen molar-refractivity contribution in [3.05, 3.63) is 53.8 Å². The maximum absolute atomic E-state index is 13.5. The van der Waals surface area contributed by atoms with E-state index in [9.17, 15) is 4.39 Å². The summed E-state index contributed by atoms with van der Waals surface area (Å²) in [6, 6.07) is 12.6. The van der Waals surface area contributed by atoms with Crippen LogP contribution in [0.15, 0.2) is 52.5 Å². The first-order valence-electron chi connectivity index (χ1n) is 7.00. The van der Waals surface area contributed by atoms with Crippen LogP contribution in [0.2, 0.25) is 0 Å². The van der Waals surface area contributed by atoms with Crippen molar-refractivity contribution in [1.29, 1.82) is 0 Å². The molecule has 4 rings (SSSR count). The number of nitrogens with zero attached hydrogens (tertiary/aromatic N) is 2. The number of fused-ring (bicyclic) bond motifs is 2. The van der Waals surface area contributed by atoms with Gasteiger partial charge >= 0.3 is 0 Å². The lowest BCUT2D eigenvalue weighted by atomic mass is 10.1. The van der Waals surface area contributed by atoms with Crippen molar-refractivity contribution in [2.45, 2.75) is 11.3 Å². The second-order valence-electron chi connectivity index (χ2n) is 5.01. The first kappa shape index (κ1) is 13.3. The lowest BCUT2D eigenvalue weighted by Gasteiger charge is -2.17. The Morgan fingerprint density at radius 1 is 1.23 bits per heavy atom. The third-order valence-corrected chi connectivity index (χ3v) is 4.61. The minimum absolute atomic E-state index is 0.238. The van der Waals surface area contributed by atoms with Crippen molar-refractivity contribution in [2.24, 2.45) is 5.10 Å². The fraction of sp³-hybridized carbons (Fsp3) is 0.125. The number of thioether (sulfide) groups is 1. The fourth-order valence-electron chi connectivity index (χ4n) is 2.49. The summed E-state index contributed by atoms with van der Waals surface area (Å²) in [4.78, 5) is 8.65. The smallest absolute Gasteiger partial charge is 0.222 e. The third-order valence-electron chi connectivity index (χ3n) is 3.54. The zero-order chi connectivity index (χ0) is 14.9. The van der Waals surface area contributed by atoms with Crippen LogP contribution in [0.1, 0.15) is 12.0 Å². The molecule has 2 heterocycles. The molecule has 3 aromatic rings.